The molecule has 0 radical (unpaired) electrons. The van der Waals surface area contributed by atoms with Gasteiger partial charge in [0.2, 0.25) is 15.9 Å². The Hall–Kier alpha value is -1.68. The number of carbonyl (C=O) groups is 1. The van der Waals surface area contributed by atoms with Crippen LogP contribution in [0, 0.1) is 5.41 Å². The summed E-state index contributed by atoms with van der Waals surface area (Å²) >= 11 is 12.8. The average molecular weight is 666 g/mol. The Bertz CT molecular complexity index is 1380. The third-order valence-electron chi connectivity index (χ3n) is 8.73. The lowest BCUT2D eigenvalue weighted by atomic mass is 9.66. The number of hydrogen-bond donors (Lipinski definition) is 1. The topological polar surface area (TPSA) is 75.7 Å². The summed E-state index contributed by atoms with van der Waals surface area (Å²) in [5, 5.41) is 0.895. The highest BCUT2D eigenvalue weighted by Crippen LogP contribution is 2.52. The molecule has 1 heterocycles. The maximum absolute atomic E-state index is 15.0. The lowest BCUT2D eigenvalue weighted by Gasteiger charge is -2.53. The van der Waals surface area contributed by atoms with Gasteiger partial charge in [-0.3, -0.25) is 4.79 Å². The Morgan fingerprint density at radius 1 is 1.12 bits per heavy atom. The molecule has 6 nitrogen and oxygen atoms in total. The molecule has 2 aromatic carbocycles. The summed E-state index contributed by atoms with van der Waals surface area (Å²) < 4.78 is 35.0. The number of allylic oxidation sites excluding steroid dienone is 1. The molecule has 43 heavy (non-hydrogen) atoms. The van der Waals surface area contributed by atoms with Crippen molar-refractivity contribution < 1.29 is 17.9 Å². The van der Waals surface area contributed by atoms with Crippen molar-refractivity contribution in [2.75, 3.05) is 19.8 Å². The van der Waals surface area contributed by atoms with Crippen LogP contribution in [-0.4, -0.2) is 58.3 Å². The maximum Gasteiger partial charge on any atom is 0.232 e. The second-order valence-corrected chi connectivity index (χ2v) is 21.9. The molecule has 236 valence electrons. The summed E-state index contributed by atoms with van der Waals surface area (Å²) in [6.07, 6.45) is 4.73. The van der Waals surface area contributed by atoms with E-state index in [4.69, 9.17) is 27.9 Å². The molecule has 0 bridgehead atoms. The smallest absolute Gasteiger partial charge is 0.232 e. The Kier molecular flexibility index (Phi) is 11.3. The number of ether oxygens (including phenoxy) is 1. The van der Waals surface area contributed by atoms with Gasteiger partial charge in [-0.25, -0.2) is 13.1 Å². The predicted octanol–water partition coefficient (Wildman–Crippen LogP) is 7.83. The monoisotopic (exact) mass is 664 g/mol. The number of sulfonamides is 1. The van der Waals surface area contributed by atoms with Gasteiger partial charge in [0.1, 0.15) is 0 Å². The van der Waals surface area contributed by atoms with E-state index in [1.165, 1.54) is 0 Å². The molecule has 10 heteroatoms. The fraction of sp³-hybridized carbons (Fsp3) is 0.545. The Morgan fingerprint density at radius 2 is 1.81 bits per heavy atom. The normalized spacial score (nSPS) is 23.8. The van der Waals surface area contributed by atoms with Crippen molar-refractivity contribution in [3.8, 4) is 0 Å². The van der Waals surface area contributed by atoms with Gasteiger partial charge >= 0.3 is 0 Å². The zero-order valence-corrected chi connectivity index (χ0v) is 29.1. The SMILES string of the molecule is C=CCC1(COCC[Si](C)(C)C)CC(c2cccc(Cl)c2)C(c2ccc(Cl)cc2)N(C(CC)CNS(=O)(=O)C2CC2)C1=O. The van der Waals surface area contributed by atoms with Crippen LogP contribution in [0.15, 0.2) is 61.2 Å². The van der Waals surface area contributed by atoms with Crippen molar-refractivity contribution in [2.45, 2.75) is 88.0 Å². The molecular weight excluding hydrogens is 619 g/mol. The Labute approximate surface area is 269 Å². The van der Waals surface area contributed by atoms with Gasteiger partial charge in [-0.15, -0.1) is 6.58 Å². The number of nitrogens with zero attached hydrogens (tertiary/aromatic N) is 1. The molecule has 1 saturated heterocycles. The minimum absolute atomic E-state index is 0.0314. The molecule has 1 aliphatic carbocycles. The summed E-state index contributed by atoms with van der Waals surface area (Å²) in [4.78, 5) is 16.9. The second-order valence-electron chi connectivity index (χ2n) is 13.4. The molecule has 0 aromatic heterocycles. The van der Waals surface area contributed by atoms with Crippen LogP contribution in [0.1, 0.15) is 62.1 Å². The maximum atomic E-state index is 15.0. The van der Waals surface area contributed by atoms with Gasteiger partial charge in [0, 0.05) is 43.2 Å². The van der Waals surface area contributed by atoms with Crippen LogP contribution in [0.4, 0.5) is 0 Å². The van der Waals surface area contributed by atoms with Gasteiger partial charge in [0.05, 0.1) is 23.3 Å². The quantitative estimate of drug-likeness (QED) is 0.120. The predicted molar refractivity (Wildman–Crippen MR) is 180 cm³/mol. The first-order valence-corrected chi connectivity index (χ1v) is 21.3. The molecular formula is C33H46Cl2N2O4SSi. The first kappa shape index (κ1) is 34.2. The van der Waals surface area contributed by atoms with Crippen LogP contribution in [0.5, 0.6) is 0 Å². The van der Waals surface area contributed by atoms with Crippen molar-refractivity contribution >= 4 is 47.2 Å². The highest BCUT2D eigenvalue weighted by Gasteiger charge is 2.53. The van der Waals surface area contributed by atoms with Gasteiger partial charge in [0.25, 0.3) is 0 Å². The summed E-state index contributed by atoms with van der Waals surface area (Å²) in [6, 6.07) is 15.7. The number of rotatable bonds is 15. The third kappa shape index (κ3) is 8.53. The largest absolute Gasteiger partial charge is 0.381 e. The van der Waals surface area contributed by atoms with Gasteiger partial charge < -0.3 is 9.64 Å². The number of benzene rings is 2. The summed E-state index contributed by atoms with van der Waals surface area (Å²) in [6.45, 7) is 14.0. The first-order valence-electron chi connectivity index (χ1n) is 15.3. The first-order chi connectivity index (χ1) is 20.3. The van der Waals surface area contributed by atoms with Crippen LogP contribution in [-0.2, 0) is 19.6 Å². The van der Waals surface area contributed by atoms with Crippen LogP contribution in [0.2, 0.25) is 35.7 Å². The van der Waals surface area contributed by atoms with Crippen molar-refractivity contribution in [2.24, 2.45) is 5.41 Å². The van der Waals surface area contributed by atoms with Crippen molar-refractivity contribution in [1.29, 1.82) is 0 Å². The minimum Gasteiger partial charge on any atom is -0.381 e. The van der Waals surface area contributed by atoms with Crippen LogP contribution in [0.3, 0.4) is 0 Å². The summed E-state index contributed by atoms with van der Waals surface area (Å²) in [5.41, 5.74) is 1.10. The number of hydrogen-bond acceptors (Lipinski definition) is 4. The molecule has 0 spiro atoms. The molecule has 1 saturated carbocycles. The van der Waals surface area contributed by atoms with E-state index in [2.05, 4.69) is 37.0 Å². The molecule has 2 fully saturated rings. The number of likely N-dealkylation sites (tertiary alicyclic amines) is 1. The lowest BCUT2D eigenvalue weighted by Crippen LogP contribution is -2.59. The third-order valence-corrected chi connectivity index (χ3v) is 12.8. The van der Waals surface area contributed by atoms with Gasteiger partial charge in [0.15, 0.2) is 0 Å². The Morgan fingerprint density at radius 3 is 2.40 bits per heavy atom. The molecule has 2 aromatic rings. The number of piperidine rings is 1. The molecule has 4 atom stereocenters. The fourth-order valence-electron chi connectivity index (χ4n) is 6.12. The molecule has 1 aliphatic heterocycles. The molecule has 4 rings (SSSR count). The molecule has 1 amide bonds. The lowest BCUT2D eigenvalue weighted by molar-refractivity contribution is -0.160. The molecule has 2 aliphatic rings. The number of halogens is 2. The van der Waals surface area contributed by atoms with Crippen LogP contribution >= 0.6 is 23.2 Å². The molecule has 1 N–H and O–H groups in total. The average Bonchev–Trinajstić information content (AvgIpc) is 3.80. The molecule has 4 unspecified atom stereocenters. The second kappa shape index (κ2) is 14.2. The highest BCUT2D eigenvalue weighted by atomic mass is 35.5. The van der Waals surface area contributed by atoms with E-state index in [9.17, 15) is 13.2 Å². The van der Waals surface area contributed by atoms with E-state index in [1.54, 1.807) is 0 Å². The summed E-state index contributed by atoms with van der Waals surface area (Å²) in [7, 11) is -4.78. The minimum atomic E-state index is -3.44. The fourth-order valence-corrected chi connectivity index (χ4v) is 8.62. The van der Waals surface area contributed by atoms with Crippen molar-refractivity contribution in [3.63, 3.8) is 0 Å². The van der Waals surface area contributed by atoms with E-state index >= 15 is 0 Å². The number of carbonyl (C=O) groups excluding carboxylic acids is 1. The van der Waals surface area contributed by atoms with E-state index in [1.807, 2.05) is 60.4 Å². The summed E-state index contributed by atoms with van der Waals surface area (Å²) in [5.74, 6) is -0.164. The van der Waals surface area contributed by atoms with Crippen molar-refractivity contribution in [3.05, 3.63) is 82.4 Å². The zero-order chi connectivity index (χ0) is 31.4. The van der Waals surface area contributed by atoms with E-state index in [0.29, 0.717) is 48.8 Å². The Balaban J connectivity index is 1.82. The van der Waals surface area contributed by atoms with Gasteiger partial charge in [-0.2, -0.15) is 0 Å². The van der Waals surface area contributed by atoms with E-state index in [-0.39, 0.29) is 42.3 Å². The van der Waals surface area contributed by atoms with E-state index < -0.39 is 23.5 Å². The zero-order valence-electron chi connectivity index (χ0n) is 25.8. The number of nitrogens with one attached hydrogen (secondary N) is 1. The highest BCUT2D eigenvalue weighted by molar-refractivity contribution is 7.90. The van der Waals surface area contributed by atoms with Gasteiger partial charge in [-0.05, 0) is 73.5 Å². The van der Waals surface area contributed by atoms with Crippen molar-refractivity contribution in [1.82, 2.24) is 9.62 Å². The van der Waals surface area contributed by atoms with E-state index in [0.717, 1.165) is 17.2 Å². The number of amides is 1. The van der Waals surface area contributed by atoms with Crippen LogP contribution in [0.25, 0.3) is 0 Å². The van der Waals surface area contributed by atoms with Crippen LogP contribution < -0.4 is 4.72 Å². The van der Waals surface area contributed by atoms with Gasteiger partial charge in [-0.1, -0.05) is 80.1 Å². The standard InChI is InChI=1S/C33H46Cl2N2O4SSi/c1-6-17-33(23-41-18-19-43(3,4)5)21-30(25-9-8-10-27(35)20-25)31(24-11-13-26(34)14-12-24)37(32(33)38)28(7-2)22-36-42(39,40)29-15-16-29/h6,8-14,20,28-31,36H,1,7,15-19,21-23H2,2-5H3.